The summed E-state index contributed by atoms with van der Waals surface area (Å²) < 4.78 is 28.4. The van der Waals surface area contributed by atoms with Crippen molar-refractivity contribution in [1.29, 1.82) is 0 Å². The molecule has 1 N–H and O–H groups in total. The molecule has 72 valence electrons. The van der Waals surface area contributed by atoms with Crippen molar-refractivity contribution in [2.45, 2.75) is 31.2 Å². The Morgan fingerprint density at radius 2 is 2.38 bits per heavy atom. The zero-order valence-electron chi connectivity index (χ0n) is 6.96. The van der Waals surface area contributed by atoms with Gasteiger partial charge in [-0.3, -0.25) is 0 Å². The van der Waals surface area contributed by atoms with Crippen LogP contribution in [0.15, 0.2) is 12.4 Å². The van der Waals surface area contributed by atoms with Crippen molar-refractivity contribution in [2.75, 3.05) is 0 Å². The summed E-state index contributed by atoms with van der Waals surface area (Å²) in [6.07, 6.45) is 4.25. The summed E-state index contributed by atoms with van der Waals surface area (Å²) in [5.74, 6) is -2.60. The summed E-state index contributed by atoms with van der Waals surface area (Å²) in [5, 5.41) is 0. The fourth-order valence-electron chi connectivity index (χ4n) is 1.83. The molecule has 1 aliphatic rings. The largest absolute Gasteiger partial charge is 0.337 e. The lowest BCUT2D eigenvalue weighted by Gasteiger charge is -2.19. The number of halogens is 2. The Balaban J connectivity index is 2.37. The van der Waals surface area contributed by atoms with Crippen molar-refractivity contribution < 1.29 is 8.78 Å². The van der Waals surface area contributed by atoms with Gasteiger partial charge >= 0.3 is 0 Å². The highest BCUT2D eigenvalue weighted by Gasteiger charge is 2.44. The van der Waals surface area contributed by atoms with Crippen LogP contribution in [0.5, 0.6) is 0 Å². The van der Waals surface area contributed by atoms with Gasteiger partial charge in [0.2, 0.25) is 0 Å². The molecule has 0 spiro atoms. The highest BCUT2D eigenvalue weighted by atomic mass is 32.1. The Kier molecular flexibility index (Phi) is 1.98. The van der Waals surface area contributed by atoms with Crippen LogP contribution >= 0.6 is 12.2 Å². The summed E-state index contributed by atoms with van der Waals surface area (Å²) in [7, 11) is 0. The number of hydrogen-bond acceptors (Lipinski definition) is 1. The highest BCUT2D eigenvalue weighted by Crippen LogP contribution is 2.43. The fraction of sp³-hybridized carbons (Fsp3) is 0.625. The quantitative estimate of drug-likeness (QED) is 0.697. The SMILES string of the molecule is FC1(F)CCCC1n1cc[nH]c1=S. The molecule has 0 radical (unpaired) electrons. The summed E-state index contributed by atoms with van der Waals surface area (Å²) in [4.78, 5) is 2.73. The maximum absolute atomic E-state index is 13.3. The fourth-order valence-corrected chi connectivity index (χ4v) is 2.08. The zero-order valence-corrected chi connectivity index (χ0v) is 7.78. The van der Waals surface area contributed by atoms with Gasteiger partial charge in [-0.15, -0.1) is 0 Å². The monoisotopic (exact) mass is 204 g/mol. The van der Waals surface area contributed by atoms with Gasteiger partial charge in [0.05, 0.1) is 6.04 Å². The van der Waals surface area contributed by atoms with E-state index in [1.165, 1.54) is 4.57 Å². The van der Waals surface area contributed by atoms with Crippen LogP contribution in [0.1, 0.15) is 25.3 Å². The lowest BCUT2D eigenvalue weighted by atomic mass is 10.2. The number of nitrogens with one attached hydrogen (secondary N) is 1. The average Bonchev–Trinajstić information content (AvgIpc) is 2.56. The molecular weight excluding hydrogens is 194 g/mol. The zero-order chi connectivity index (χ0) is 9.47. The second-order valence-corrected chi connectivity index (χ2v) is 3.73. The third-order valence-electron chi connectivity index (χ3n) is 2.49. The summed E-state index contributed by atoms with van der Waals surface area (Å²) in [6.45, 7) is 0. The molecule has 0 aromatic carbocycles. The van der Waals surface area contributed by atoms with Crippen molar-refractivity contribution >= 4 is 12.2 Å². The van der Waals surface area contributed by atoms with Crippen LogP contribution in [0, 0.1) is 4.77 Å². The maximum atomic E-state index is 13.3. The molecule has 2 nitrogen and oxygen atoms in total. The molecular formula is C8H10F2N2S. The van der Waals surface area contributed by atoms with E-state index in [0.717, 1.165) is 0 Å². The van der Waals surface area contributed by atoms with Gasteiger partial charge in [0.25, 0.3) is 5.92 Å². The topological polar surface area (TPSA) is 20.7 Å². The number of rotatable bonds is 1. The maximum Gasteiger partial charge on any atom is 0.268 e. The molecule has 0 saturated heterocycles. The van der Waals surface area contributed by atoms with Gasteiger partial charge in [0, 0.05) is 18.8 Å². The minimum atomic E-state index is -2.60. The van der Waals surface area contributed by atoms with Crippen molar-refractivity contribution in [3.63, 3.8) is 0 Å². The van der Waals surface area contributed by atoms with E-state index in [2.05, 4.69) is 4.98 Å². The number of imidazole rings is 1. The van der Waals surface area contributed by atoms with Gasteiger partial charge in [-0.05, 0) is 25.1 Å². The van der Waals surface area contributed by atoms with Gasteiger partial charge < -0.3 is 9.55 Å². The molecule has 1 heterocycles. The van der Waals surface area contributed by atoms with Crippen LogP contribution in [0.25, 0.3) is 0 Å². The summed E-state index contributed by atoms with van der Waals surface area (Å²) in [6, 6.07) is -0.744. The van der Waals surface area contributed by atoms with Crippen LogP contribution in [-0.2, 0) is 0 Å². The number of H-pyrrole nitrogens is 1. The lowest BCUT2D eigenvalue weighted by molar-refractivity contribution is -0.0310. The Morgan fingerprint density at radius 3 is 2.85 bits per heavy atom. The molecule has 1 fully saturated rings. The van der Waals surface area contributed by atoms with E-state index >= 15 is 0 Å². The van der Waals surface area contributed by atoms with Crippen molar-refractivity contribution in [2.24, 2.45) is 0 Å². The number of nitrogens with zero attached hydrogens (tertiary/aromatic N) is 1. The minimum absolute atomic E-state index is 0.0232. The van der Waals surface area contributed by atoms with Gasteiger partial charge in [0.1, 0.15) is 0 Å². The van der Waals surface area contributed by atoms with E-state index in [0.29, 0.717) is 17.6 Å². The first kappa shape index (κ1) is 8.87. The Labute approximate surface area is 79.6 Å². The van der Waals surface area contributed by atoms with E-state index in [1.54, 1.807) is 12.4 Å². The predicted molar refractivity (Wildman–Crippen MR) is 47.5 cm³/mol. The number of aromatic nitrogens is 2. The highest BCUT2D eigenvalue weighted by molar-refractivity contribution is 7.71. The second-order valence-electron chi connectivity index (χ2n) is 3.34. The molecule has 1 saturated carbocycles. The average molecular weight is 204 g/mol. The van der Waals surface area contributed by atoms with Crippen LogP contribution < -0.4 is 0 Å². The first-order valence-corrected chi connectivity index (χ1v) is 4.65. The Morgan fingerprint density at radius 1 is 1.62 bits per heavy atom. The third-order valence-corrected chi connectivity index (χ3v) is 2.82. The first-order valence-electron chi connectivity index (χ1n) is 4.24. The molecule has 13 heavy (non-hydrogen) atoms. The third kappa shape index (κ3) is 1.41. The minimum Gasteiger partial charge on any atom is -0.337 e. The summed E-state index contributed by atoms with van der Waals surface area (Å²) >= 11 is 4.90. The number of hydrogen-bond donors (Lipinski definition) is 1. The molecule has 1 aliphatic carbocycles. The van der Waals surface area contributed by atoms with E-state index in [1.807, 2.05) is 0 Å². The molecule has 2 rings (SSSR count). The van der Waals surface area contributed by atoms with E-state index < -0.39 is 12.0 Å². The molecule has 1 atom stereocenters. The summed E-state index contributed by atoms with van der Waals surface area (Å²) in [5.41, 5.74) is 0. The van der Waals surface area contributed by atoms with E-state index in [4.69, 9.17) is 12.2 Å². The van der Waals surface area contributed by atoms with Gasteiger partial charge in [0.15, 0.2) is 4.77 Å². The van der Waals surface area contributed by atoms with Crippen molar-refractivity contribution in [1.82, 2.24) is 9.55 Å². The molecule has 1 aromatic heterocycles. The van der Waals surface area contributed by atoms with Crippen LogP contribution in [0.4, 0.5) is 8.78 Å². The molecule has 0 bridgehead atoms. The van der Waals surface area contributed by atoms with Crippen molar-refractivity contribution in [3.8, 4) is 0 Å². The Bertz CT molecular complexity index is 355. The second kappa shape index (κ2) is 2.90. The normalized spacial score (nSPS) is 26.5. The van der Waals surface area contributed by atoms with Crippen molar-refractivity contribution in [3.05, 3.63) is 17.2 Å². The standard InChI is InChI=1S/C8H10F2N2S/c9-8(10)3-1-2-6(8)12-5-4-11-7(12)13/h4-6H,1-3H2,(H,11,13). The van der Waals surface area contributed by atoms with E-state index in [-0.39, 0.29) is 6.42 Å². The molecule has 1 aromatic rings. The molecule has 5 heteroatoms. The van der Waals surface area contributed by atoms with Gasteiger partial charge in [-0.1, -0.05) is 0 Å². The molecule has 1 unspecified atom stereocenters. The van der Waals surface area contributed by atoms with Crippen LogP contribution in [0.2, 0.25) is 0 Å². The van der Waals surface area contributed by atoms with Crippen LogP contribution in [0.3, 0.4) is 0 Å². The smallest absolute Gasteiger partial charge is 0.268 e. The lowest BCUT2D eigenvalue weighted by Crippen LogP contribution is -2.24. The molecule has 0 amide bonds. The first-order chi connectivity index (χ1) is 6.11. The van der Waals surface area contributed by atoms with Gasteiger partial charge in [-0.2, -0.15) is 0 Å². The Hall–Kier alpha value is -0.710. The number of aromatic amines is 1. The predicted octanol–water partition coefficient (Wildman–Crippen LogP) is 2.91. The van der Waals surface area contributed by atoms with E-state index in [9.17, 15) is 8.78 Å². The molecule has 0 aliphatic heterocycles. The van der Waals surface area contributed by atoms with Crippen LogP contribution in [-0.4, -0.2) is 15.5 Å². The number of alkyl halides is 2. The van der Waals surface area contributed by atoms with Gasteiger partial charge in [-0.25, -0.2) is 8.78 Å².